The van der Waals surface area contributed by atoms with E-state index in [9.17, 15) is 4.79 Å². The maximum atomic E-state index is 12.8. The van der Waals surface area contributed by atoms with Crippen molar-refractivity contribution in [2.45, 2.75) is 19.4 Å². The Morgan fingerprint density at radius 3 is 3.00 bits per heavy atom. The van der Waals surface area contributed by atoms with Crippen molar-refractivity contribution >= 4 is 29.6 Å². The van der Waals surface area contributed by atoms with Gasteiger partial charge in [0.05, 0.1) is 41.3 Å². The average Bonchev–Trinajstić information content (AvgIpc) is 3.27. The number of ether oxygens (including phenoxy) is 1. The predicted octanol–water partition coefficient (Wildman–Crippen LogP) is 1.94. The third-order valence-corrected chi connectivity index (χ3v) is 4.89. The van der Waals surface area contributed by atoms with Crippen LogP contribution in [0.1, 0.15) is 29.8 Å². The standard InChI is InChI=1S/C19H20N8O2S/c1-19(2,11-29-14-5-3-4-13-16(14)17(20)25-30-24-13)23-18(28)12-6-7-21-15(10-12)27-9-8-22-26-27/h3-10,24H,11H2,1-2H3,(H2,20,25)(H,23,28). The number of aromatic nitrogens is 4. The fourth-order valence-electron chi connectivity index (χ4n) is 2.86. The van der Waals surface area contributed by atoms with Crippen molar-refractivity contribution in [1.82, 2.24) is 25.3 Å². The lowest BCUT2D eigenvalue weighted by Crippen LogP contribution is -2.48. The van der Waals surface area contributed by atoms with Crippen molar-refractivity contribution < 1.29 is 9.53 Å². The van der Waals surface area contributed by atoms with E-state index in [0.29, 0.717) is 28.5 Å². The summed E-state index contributed by atoms with van der Waals surface area (Å²) in [6.07, 6.45) is 4.76. The van der Waals surface area contributed by atoms with Gasteiger partial charge in [0, 0.05) is 11.8 Å². The number of fused-ring (bicyclic) bond motifs is 1. The molecule has 0 unspecified atom stereocenters. The predicted molar refractivity (Wildman–Crippen MR) is 115 cm³/mol. The molecule has 0 bridgehead atoms. The molecule has 1 amide bonds. The summed E-state index contributed by atoms with van der Waals surface area (Å²) in [5.41, 5.74) is 7.37. The average molecular weight is 424 g/mol. The second-order valence-corrected chi connectivity index (χ2v) is 7.79. The lowest BCUT2D eigenvalue weighted by Gasteiger charge is -2.27. The molecule has 154 valence electrons. The van der Waals surface area contributed by atoms with Crippen LogP contribution in [-0.2, 0) is 0 Å². The molecule has 0 saturated carbocycles. The number of anilines is 1. The molecule has 0 radical (unpaired) electrons. The van der Waals surface area contributed by atoms with Gasteiger partial charge in [-0.3, -0.25) is 4.79 Å². The van der Waals surface area contributed by atoms with Crippen molar-refractivity contribution in [2.24, 2.45) is 10.1 Å². The van der Waals surface area contributed by atoms with Crippen LogP contribution >= 0.6 is 12.1 Å². The van der Waals surface area contributed by atoms with Crippen LogP contribution < -0.4 is 20.5 Å². The number of hydrogen-bond acceptors (Lipinski definition) is 9. The first-order chi connectivity index (χ1) is 14.4. The molecule has 10 nitrogen and oxygen atoms in total. The Hall–Kier alpha value is -3.60. The molecule has 0 spiro atoms. The number of benzene rings is 1. The lowest BCUT2D eigenvalue weighted by molar-refractivity contribution is 0.0880. The quantitative estimate of drug-likeness (QED) is 0.512. The highest BCUT2D eigenvalue weighted by atomic mass is 32.2. The van der Waals surface area contributed by atoms with E-state index in [1.54, 1.807) is 30.7 Å². The van der Waals surface area contributed by atoms with Crippen molar-refractivity contribution in [3.05, 3.63) is 60.0 Å². The number of pyridine rings is 1. The van der Waals surface area contributed by atoms with E-state index in [1.807, 2.05) is 32.0 Å². The molecule has 30 heavy (non-hydrogen) atoms. The van der Waals surface area contributed by atoms with Crippen LogP contribution in [0.2, 0.25) is 0 Å². The SMILES string of the molecule is CC(C)(COc1cccc2c1C(N)=NSN2)NC(=O)c1ccnc(-n2ccnn2)c1. The highest BCUT2D eigenvalue weighted by Crippen LogP contribution is 2.32. The number of rotatable bonds is 6. The zero-order valence-corrected chi connectivity index (χ0v) is 17.2. The Labute approximate surface area is 177 Å². The number of nitrogens with two attached hydrogens (primary N) is 1. The van der Waals surface area contributed by atoms with Crippen LogP contribution in [-0.4, -0.2) is 43.9 Å². The molecule has 3 heterocycles. The molecule has 11 heteroatoms. The fourth-order valence-corrected chi connectivity index (χ4v) is 3.36. The summed E-state index contributed by atoms with van der Waals surface area (Å²) in [5, 5.41) is 10.6. The van der Waals surface area contributed by atoms with Gasteiger partial charge < -0.3 is 20.5 Å². The van der Waals surface area contributed by atoms with Gasteiger partial charge in [-0.05, 0) is 38.1 Å². The van der Waals surface area contributed by atoms with E-state index >= 15 is 0 Å². The van der Waals surface area contributed by atoms with Crippen LogP contribution in [0.4, 0.5) is 5.69 Å². The fraction of sp³-hybridized carbons (Fsp3) is 0.211. The third-order valence-electron chi connectivity index (χ3n) is 4.29. The van der Waals surface area contributed by atoms with E-state index in [0.717, 1.165) is 5.69 Å². The van der Waals surface area contributed by atoms with Gasteiger partial charge in [-0.1, -0.05) is 11.3 Å². The van der Waals surface area contributed by atoms with E-state index in [1.165, 1.54) is 16.8 Å². The number of nitrogens with zero attached hydrogens (tertiary/aromatic N) is 5. The summed E-state index contributed by atoms with van der Waals surface area (Å²) in [5.74, 6) is 1.25. The zero-order valence-electron chi connectivity index (χ0n) is 16.4. The molecule has 1 aliphatic heterocycles. The van der Waals surface area contributed by atoms with Crippen LogP contribution in [0.3, 0.4) is 0 Å². The molecule has 0 atom stereocenters. The minimum Gasteiger partial charge on any atom is -0.490 e. The highest BCUT2D eigenvalue weighted by molar-refractivity contribution is 7.99. The van der Waals surface area contributed by atoms with Gasteiger partial charge in [0.1, 0.15) is 18.2 Å². The Balaban J connectivity index is 1.45. The molecule has 4 N–H and O–H groups in total. The summed E-state index contributed by atoms with van der Waals surface area (Å²) < 4.78 is 14.7. The van der Waals surface area contributed by atoms with Crippen molar-refractivity contribution in [2.75, 3.05) is 11.3 Å². The Kier molecular flexibility index (Phi) is 5.27. The third kappa shape index (κ3) is 4.20. The summed E-state index contributed by atoms with van der Waals surface area (Å²) in [4.78, 5) is 17.0. The van der Waals surface area contributed by atoms with E-state index < -0.39 is 5.54 Å². The van der Waals surface area contributed by atoms with Crippen LogP contribution in [0.25, 0.3) is 5.82 Å². The van der Waals surface area contributed by atoms with Crippen LogP contribution in [0, 0.1) is 0 Å². The van der Waals surface area contributed by atoms with E-state index in [4.69, 9.17) is 10.5 Å². The maximum Gasteiger partial charge on any atom is 0.252 e. The van der Waals surface area contributed by atoms with Gasteiger partial charge in [-0.25, -0.2) is 9.67 Å². The molecule has 1 aromatic carbocycles. The van der Waals surface area contributed by atoms with Crippen molar-refractivity contribution in [3.8, 4) is 11.6 Å². The first-order valence-electron chi connectivity index (χ1n) is 9.10. The monoisotopic (exact) mass is 424 g/mol. The summed E-state index contributed by atoms with van der Waals surface area (Å²) in [7, 11) is 0. The number of nitrogens with one attached hydrogen (secondary N) is 2. The largest absolute Gasteiger partial charge is 0.490 e. The highest BCUT2D eigenvalue weighted by Gasteiger charge is 2.25. The zero-order chi connectivity index (χ0) is 21.1. The minimum atomic E-state index is -0.654. The Morgan fingerprint density at radius 2 is 2.20 bits per heavy atom. The first kappa shape index (κ1) is 19.7. The number of hydrogen-bond donors (Lipinski definition) is 3. The van der Waals surface area contributed by atoms with Gasteiger partial charge >= 0.3 is 0 Å². The molecule has 0 aliphatic carbocycles. The molecular formula is C19H20N8O2S. The Bertz CT molecular complexity index is 1100. The number of carbonyl (C=O) groups excluding carboxylic acids is 1. The molecule has 2 aromatic heterocycles. The van der Waals surface area contributed by atoms with Gasteiger partial charge in [0.2, 0.25) is 0 Å². The van der Waals surface area contributed by atoms with Crippen LogP contribution in [0.5, 0.6) is 5.75 Å². The van der Waals surface area contributed by atoms with Gasteiger partial charge in [0.25, 0.3) is 5.91 Å². The Morgan fingerprint density at radius 1 is 1.33 bits per heavy atom. The topological polar surface area (TPSA) is 132 Å². The minimum absolute atomic E-state index is 0.233. The summed E-state index contributed by atoms with van der Waals surface area (Å²) in [6.45, 7) is 3.99. The maximum absolute atomic E-state index is 12.8. The molecule has 4 rings (SSSR count). The molecule has 1 aliphatic rings. The second kappa shape index (κ2) is 8.03. The lowest BCUT2D eigenvalue weighted by atomic mass is 10.1. The van der Waals surface area contributed by atoms with Crippen molar-refractivity contribution in [3.63, 3.8) is 0 Å². The van der Waals surface area contributed by atoms with E-state index in [2.05, 4.69) is 29.7 Å². The molecular weight excluding hydrogens is 404 g/mol. The first-order valence-corrected chi connectivity index (χ1v) is 9.87. The summed E-state index contributed by atoms with van der Waals surface area (Å²) in [6, 6.07) is 8.88. The second-order valence-electron chi connectivity index (χ2n) is 7.23. The molecule has 0 saturated heterocycles. The van der Waals surface area contributed by atoms with Gasteiger partial charge in [-0.2, -0.15) is 4.40 Å². The van der Waals surface area contributed by atoms with Crippen molar-refractivity contribution in [1.29, 1.82) is 0 Å². The van der Waals surface area contributed by atoms with Gasteiger partial charge in [0.15, 0.2) is 5.82 Å². The summed E-state index contributed by atoms with van der Waals surface area (Å²) >= 11 is 1.17. The van der Waals surface area contributed by atoms with Gasteiger partial charge in [-0.15, -0.1) is 5.10 Å². The molecule has 0 fully saturated rings. The van der Waals surface area contributed by atoms with Crippen LogP contribution in [0.15, 0.2) is 53.3 Å². The normalized spacial score (nSPS) is 13.1. The number of amides is 1. The number of amidine groups is 1. The van der Waals surface area contributed by atoms with E-state index in [-0.39, 0.29) is 12.5 Å². The number of carbonyl (C=O) groups is 1. The molecule has 3 aromatic rings. The smallest absolute Gasteiger partial charge is 0.252 e.